The van der Waals surface area contributed by atoms with Gasteiger partial charge >= 0.3 is 0 Å². The molecule has 7 nitrogen and oxygen atoms in total. The smallest absolute Gasteiger partial charge is 0.222 e. The van der Waals surface area contributed by atoms with Crippen LogP contribution < -0.4 is 4.74 Å². The van der Waals surface area contributed by atoms with E-state index in [0.29, 0.717) is 19.1 Å². The zero-order chi connectivity index (χ0) is 22.2. The third-order valence-electron chi connectivity index (χ3n) is 7.01. The molecular formula is C25H39N3O4. The topological polar surface area (TPSA) is 65.5 Å². The number of carbonyl (C=O) groups is 1. The Balaban J connectivity index is 1.15. The predicted molar refractivity (Wildman–Crippen MR) is 124 cm³/mol. The van der Waals surface area contributed by atoms with Crippen LogP contribution in [0, 0.1) is 5.92 Å². The molecule has 1 amide bonds. The molecule has 0 radical (unpaired) electrons. The van der Waals surface area contributed by atoms with Crippen molar-refractivity contribution in [3.8, 4) is 5.75 Å². The number of hydrogen-bond acceptors (Lipinski definition) is 6. The monoisotopic (exact) mass is 445 g/mol. The van der Waals surface area contributed by atoms with Gasteiger partial charge in [-0.15, -0.1) is 0 Å². The van der Waals surface area contributed by atoms with Crippen molar-refractivity contribution in [1.82, 2.24) is 14.7 Å². The summed E-state index contributed by atoms with van der Waals surface area (Å²) in [4.78, 5) is 18.6. The summed E-state index contributed by atoms with van der Waals surface area (Å²) in [5, 5.41) is 10.3. The van der Waals surface area contributed by atoms with Crippen LogP contribution in [0.15, 0.2) is 24.3 Å². The van der Waals surface area contributed by atoms with Gasteiger partial charge < -0.3 is 19.5 Å². The Morgan fingerprint density at radius 3 is 2.66 bits per heavy atom. The van der Waals surface area contributed by atoms with Gasteiger partial charge in [0.05, 0.1) is 13.2 Å². The first-order valence-corrected chi connectivity index (χ1v) is 12.4. The Morgan fingerprint density at radius 2 is 1.91 bits per heavy atom. The summed E-state index contributed by atoms with van der Waals surface area (Å²) >= 11 is 0. The number of hydrogen-bond donors (Lipinski definition) is 1. The predicted octanol–water partition coefficient (Wildman–Crippen LogP) is 1.98. The van der Waals surface area contributed by atoms with Crippen molar-refractivity contribution in [2.24, 2.45) is 5.92 Å². The minimum Gasteiger partial charge on any atom is -0.491 e. The lowest BCUT2D eigenvalue weighted by molar-refractivity contribution is -0.127. The van der Waals surface area contributed by atoms with Crippen molar-refractivity contribution in [2.45, 2.75) is 44.8 Å². The minimum atomic E-state index is -0.494. The molecule has 0 bridgehead atoms. The van der Waals surface area contributed by atoms with Gasteiger partial charge in [0.15, 0.2) is 0 Å². The van der Waals surface area contributed by atoms with E-state index in [9.17, 15) is 9.90 Å². The summed E-state index contributed by atoms with van der Waals surface area (Å²) in [5.41, 5.74) is 1.26. The number of aliphatic hydroxyl groups is 1. The molecule has 0 aromatic heterocycles. The molecule has 1 N–H and O–H groups in total. The number of piperidine rings is 1. The van der Waals surface area contributed by atoms with Crippen molar-refractivity contribution in [3.63, 3.8) is 0 Å². The molecule has 4 rings (SSSR count). The van der Waals surface area contributed by atoms with Crippen LogP contribution in [0.5, 0.6) is 5.75 Å². The average molecular weight is 446 g/mol. The standard InChI is InChI=1S/C25H39N3O4/c29-23(19-27-13-15-31-16-14-27)20-32-24-4-1-3-22(17-24)18-26-10-6-21(7-11-26)8-12-28-9-2-5-25(28)30/h1,3-4,17,21,23,29H,2,5-16,18-20H2/t23-/m1/s1. The second-order valence-electron chi connectivity index (χ2n) is 9.52. The molecule has 7 heteroatoms. The molecule has 3 heterocycles. The van der Waals surface area contributed by atoms with Gasteiger partial charge in [-0.25, -0.2) is 0 Å². The van der Waals surface area contributed by atoms with Crippen LogP contribution in [0.25, 0.3) is 0 Å². The lowest BCUT2D eigenvalue weighted by Crippen LogP contribution is -2.42. The van der Waals surface area contributed by atoms with Gasteiger partial charge in [-0.1, -0.05) is 12.1 Å². The van der Waals surface area contributed by atoms with Crippen LogP contribution in [0.2, 0.25) is 0 Å². The maximum Gasteiger partial charge on any atom is 0.222 e. The molecule has 0 saturated carbocycles. The number of nitrogens with zero attached hydrogens (tertiary/aromatic N) is 3. The number of aliphatic hydroxyl groups excluding tert-OH is 1. The van der Waals surface area contributed by atoms with Gasteiger partial charge in [0.2, 0.25) is 5.91 Å². The Morgan fingerprint density at radius 1 is 1.09 bits per heavy atom. The number of ether oxygens (including phenoxy) is 2. The van der Waals surface area contributed by atoms with Crippen LogP contribution in [-0.2, 0) is 16.1 Å². The van der Waals surface area contributed by atoms with Gasteiger partial charge in [0.25, 0.3) is 0 Å². The molecule has 3 aliphatic heterocycles. The lowest BCUT2D eigenvalue weighted by atomic mass is 9.93. The van der Waals surface area contributed by atoms with Gasteiger partial charge in [0, 0.05) is 45.7 Å². The Hall–Kier alpha value is -1.67. The van der Waals surface area contributed by atoms with E-state index in [1.165, 1.54) is 18.4 Å². The average Bonchev–Trinajstić information content (AvgIpc) is 3.23. The van der Waals surface area contributed by atoms with E-state index in [1.807, 2.05) is 12.1 Å². The molecule has 1 aromatic rings. The zero-order valence-electron chi connectivity index (χ0n) is 19.3. The Kier molecular flexibility index (Phi) is 8.79. The summed E-state index contributed by atoms with van der Waals surface area (Å²) in [6, 6.07) is 8.27. The molecule has 32 heavy (non-hydrogen) atoms. The quantitative estimate of drug-likeness (QED) is 0.594. The van der Waals surface area contributed by atoms with E-state index in [0.717, 1.165) is 90.0 Å². The van der Waals surface area contributed by atoms with Gasteiger partial charge in [0.1, 0.15) is 18.5 Å². The van der Waals surface area contributed by atoms with Crippen LogP contribution >= 0.6 is 0 Å². The van der Waals surface area contributed by atoms with Crippen molar-refractivity contribution >= 4 is 5.91 Å². The van der Waals surface area contributed by atoms with Crippen LogP contribution in [0.4, 0.5) is 0 Å². The molecule has 1 atom stereocenters. The maximum atomic E-state index is 11.8. The molecule has 3 aliphatic rings. The van der Waals surface area contributed by atoms with Gasteiger partial charge in [-0.05, 0) is 62.4 Å². The summed E-state index contributed by atoms with van der Waals surface area (Å²) in [6.45, 7) is 9.24. The Labute approximate surface area is 192 Å². The van der Waals surface area contributed by atoms with E-state index in [4.69, 9.17) is 9.47 Å². The van der Waals surface area contributed by atoms with Crippen LogP contribution in [-0.4, -0.2) is 97.5 Å². The lowest BCUT2D eigenvalue weighted by Gasteiger charge is -2.32. The van der Waals surface area contributed by atoms with Gasteiger partial charge in [-0.2, -0.15) is 0 Å². The van der Waals surface area contributed by atoms with E-state index >= 15 is 0 Å². The number of amides is 1. The normalized spacial score (nSPS) is 22.4. The third-order valence-corrected chi connectivity index (χ3v) is 7.01. The highest BCUT2D eigenvalue weighted by Gasteiger charge is 2.24. The molecule has 0 spiro atoms. The highest BCUT2D eigenvalue weighted by molar-refractivity contribution is 5.77. The Bertz CT molecular complexity index is 717. The zero-order valence-corrected chi connectivity index (χ0v) is 19.3. The SMILES string of the molecule is O=C1CCCN1CCC1CCN(Cc2cccc(OC[C@H](O)CN3CCOCC3)c2)CC1. The largest absolute Gasteiger partial charge is 0.491 e. The van der Waals surface area contributed by atoms with Gasteiger partial charge in [-0.3, -0.25) is 14.6 Å². The first kappa shape index (κ1) is 23.5. The highest BCUT2D eigenvalue weighted by atomic mass is 16.5. The fourth-order valence-electron chi connectivity index (χ4n) is 5.03. The number of β-amino-alcohol motifs (C(OH)–C–C–N with tert-alkyl or cyclic N) is 1. The fourth-order valence-corrected chi connectivity index (χ4v) is 5.03. The number of rotatable bonds is 10. The van der Waals surface area contributed by atoms with Crippen molar-refractivity contribution in [2.75, 3.05) is 65.6 Å². The molecule has 3 fully saturated rings. The second-order valence-corrected chi connectivity index (χ2v) is 9.52. The maximum absolute atomic E-state index is 11.8. The second kappa shape index (κ2) is 12.0. The van der Waals surface area contributed by atoms with Crippen LogP contribution in [0.1, 0.15) is 37.7 Å². The van der Waals surface area contributed by atoms with Crippen molar-refractivity contribution in [3.05, 3.63) is 29.8 Å². The summed E-state index contributed by atoms with van der Waals surface area (Å²) in [6.07, 6.45) is 4.86. The molecule has 0 unspecified atom stereocenters. The number of likely N-dealkylation sites (tertiary alicyclic amines) is 2. The molecular weight excluding hydrogens is 406 g/mol. The molecule has 0 aliphatic carbocycles. The fraction of sp³-hybridized carbons (Fsp3) is 0.720. The first-order valence-electron chi connectivity index (χ1n) is 12.4. The van der Waals surface area contributed by atoms with E-state index in [2.05, 4.69) is 26.8 Å². The van der Waals surface area contributed by atoms with Crippen molar-refractivity contribution in [1.29, 1.82) is 0 Å². The third kappa shape index (κ3) is 7.17. The molecule has 3 saturated heterocycles. The van der Waals surface area contributed by atoms with Crippen LogP contribution in [0.3, 0.4) is 0 Å². The van der Waals surface area contributed by atoms with Crippen molar-refractivity contribution < 1.29 is 19.4 Å². The molecule has 178 valence electrons. The van der Waals surface area contributed by atoms with E-state index < -0.39 is 6.10 Å². The number of benzene rings is 1. The summed E-state index contributed by atoms with van der Waals surface area (Å²) in [5.74, 6) is 1.91. The highest BCUT2D eigenvalue weighted by Crippen LogP contribution is 2.24. The van der Waals surface area contributed by atoms with E-state index in [1.54, 1.807) is 0 Å². The summed E-state index contributed by atoms with van der Waals surface area (Å²) < 4.78 is 11.2. The minimum absolute atomic E-state index is 0.311. The number of morpholine rings is 1. The molecule has 1 aromatic carbocycles. The summed E-state index contributed by atoms with van der Waals surface area (Å²) in [7, 11) is 0. The number of carbonyl (C=O) groups excluding carboxylic acids is 1. The van der Waals surface area contributed by atoms with E-state index in [-0.39, 0.29) is 0 Å². The first-order chi connectivity index (χ1) is 15.7.